The number of aliphatic hydroxyl groups excluding tert-OH is 1. The van der Waals surface area contributed by atoms with Crippen molar-refractivity contribution in [3.8, 4) is 0 Å². The Labute approximate surface area is 134 Å². The first kappa shape index (κ1) is 16.7. The predicted molar refractivity (Wildman–Crippen MR) is 86.2 cm³/mol. The molecule has 1 aromatic rings. The summed E-state index contributed by atoms with van der Waals surface area (Å²) < 4.78 is 19.7. The lowest BCUT2D eigenvalue weighted by atomic mass is 9.98. The van der Waals surface area contributed by atoms with Gasteiger partial charge in [-0.3, -0.25) is 0 Å². The van der Waals surface area contributed by atoms with Crippen LogP contribution in [0.4, 0.5) is 10.1 Å². The van der Waals surface area contributed by atoms with Gasteiger partial charge >= 0.3 is 0 Å². The Morgan fingerprint density at radius 3 is 2.81 bits per heavy atom. The molecular weight excluding hydrogens is 337 g/mol. The third-order valence-electron chi connectivity index (χ3n) is 3.87. The van der Waals surface area contributed by atoms with Crippen LogP contribution < -0.4 is 5.32 Å². The number of halogens is 2. The summed E-state index contributed by atoms with van der Waals surface area (Å²) in [5.74, 6) is -0.309. The maximum atomic E-state index is 13.5. The first-order chi connectivity index (χ1) is 10.1. The maximum absolute atomic E-state index is 13.5. The maximum Gasteiger partial charge on any atom is 0.139 e. The SMILES string of the molecule is Cc1cc(Br)c(F)cc1NCC(O)COC1CCCCC1. The van der Waals surface area contributed by atoms with Crippen molar-refractivity contribution in [2.45, 2.75) is 51.2 Å². The van der Waals surface area contributed by atoms with Gasteiger partial charge in [0.25, 0.3) is 0 Å². The summed E-state index contributed by atoms with van der Waals surface area (Å²) in [6.07, 6.45) is 5.62. The van der Waals surface area contributed by atoms with Gasteiger partial charge in [0, 0.05) is 12.2 Å². The number of rotatable bonds is 6. The van der Waals surface area contributed by atoms with Gasteiger partial charge in [0.05, 0.1) is 23.3 Å². The third kappa shape index (κ3) is 5.24. The van der Waals surface area contributed by atoms with Crippen LogP contribution in [0.2, 0.25) is 0 Å². The molecule has 2 rings (SSSR count). The molecule has 3 nitrogen and oxygen atoms in total. The van der Waals surface area contributed by atoms with Crippen LogP contribution in [0, 0.1) is 12.7 Å². The normalized spacial score (nSPS) is 17.7. The minimum Gasteiger partial charge on any atom is -0.389 e. The van der Waals surface area contributed by atoms with Crippen LogP contribution in [0.3, 0.4) is 0 Å². The lowest BCUT2D eigenvalue weighted by Crippen LogP contribution is -2.28. The molecule has 1 aliphatic rings. The van der Waals surface area contributed by atoms with Crippen molar-refractivity contribution in [3.63, 3.8) is 0 Å². The molecule has 21 heavy (non-hydrogen) atoms. The Morgan fingerprint density at radius 1 is 1.38 bits per heavy atom. The van der Waals surface area contributed by atoms with Gasteiger partial charge in [0.2, 0.25) is 0 Å². The zero-order valence-electron chi connectivity index (χ0n) is 12.4. The fraction of sp³-hybridized carbons (Fsp3) is 0.625. The molecule has 1 fully saturated rings. The second kappa shape index (κ2) is 8.11. The second-order valence-electron chi connectivity index (χ2n) is 5.71. The molecule has 1 unspecified atom stereocenters. The number of aliphatic hydroxyl groups is 1. The summed E-state index contributed by atoms with van der Waals surface area (Å²) in [5, 5.41) is 13.0. The van der Waals surface area contributed by atoms with Crippen molar-refractivity contribution in [3.05, 3.63) is 28.0 Å². The van der Waals surface area contributed by atoms with Gasteiger partial charge in [-0.15, -0.1) is 0 Å². The van der Waals surface area contributed by atoms with Crippen LogP contribution in [0.15, 0.2) is 16.6 Å². The minimum atomic E-state index is -0.585. The Balaban J connectivity index is 1.75. The lowest BCUT2D eigenvalue weighted by molar-refractivity contribution is -0.0195. The number of hydrogen-bond donors (Lipinski definition) is 2. The highest BCUT2D eigenvalue weighted by Crippen LogP contribution is 2.24. The Morgan fingerprint density at radius 2 is 2.10 bits per heavy atom. The lowest BCUT2D eigenvalue weighted by Gasteiger charge is -2.23. The largest absolute Gasteiger partial charge is 0.389 e. The molecule has 0 spiro atoms. The van der Waals surface area contributed by atoms with Gasteiger partial charge in [-0.1, -0.05) is 19.3 Å². The van der Waals surface area contributed by atoms with Crippen LogP contribution in [-0.4, -0.2) is 30.5 Å². The van der Waals surface area contributed by atoms with Gasteiger partial charge in [-0.05, 0) is 53.4 Å². The van der Waals surface area contributed by atoms with E-state index in [4.69, 9.17) is 4.74 Å². The minimum absolute atomic E-state index is 0.292. The van der Waals surface area contributed by atoms with Crippen molar-refractivity contribution < 1.29 is 14.2 Å². The third-order valence-corrected chi connectivity index (χ3v) is 4.48. The van der Waals surface area contributed by atoms with Gasteiger partial charge in [-0.2, -0.15) is 0 Å². The van der Waals surface area contributed by atoms with Crippen molar-refractivity contribution >= 4 is 21.6 Å². The zero-order valence-corrected chi connectivity index (χ0v) is 14.0. The Hall–Kier alpha value is -0.650. The van der Waals surface area contributed by atoms with E-state index in [1.807, 2.05) is 6.92 Å². The van der Waals surface area contributed by atoms with Crippen molar-refractivity contribution in [2.24, 2.45) is 0 Å². The molecule has 0 amide bonds. The van der Waals surface area contributed by atoms with Gasteiger partial charge in [0.15, 0.2) is 0 Å². The number of hydrogen-bond acceptors (Lipinski definition) is 3. The van der Waals surface area contributed by atoms with Gasteiger partial charge in [0.1, 0.15) is 5.82 Å². The highest BCUT2D eigenvalue weighted by molar-refractivity contribution is 9.10. The van der Waals surface area contributed by atoms with E-state index in [0.717, 1.165) is 18.4 Å². The quantitative estimate of drug-likeness (QED) is 0.805. The average molecular weight is 360 g/mol. The number of ether oxygens (including phenoxy) is 1. The molecule has 1 aromatic carbocycles. The summed E-state index contributed by atoms with van der Waals surface area (Å²) in [7, 11) is 0. The number of aryl methyl sites for hydroxylation is 1. The van der Waals surface area contributed by atoms with Gasteiger partial charge in [-0.25, -0.2) is 4.39 Å². The fourth-order valence-corrected chi connectivity index (χ4v) is 3.06. The smallest absolute Gasteiger partial charge is 0.139 e. The van der Waals surface area contributed by atoms with E-state index < -0.39 is 6.10 Å². The molecule has 1 saturated carbocycles. The number of anilines is 1. The average Bonchev–Trinajstić information content (AvgIpc) is 2.48. The number of benzene rings is 1. The molecule has 2 N–H and O–H groups in total. The van der Waals surface area contributed by atoms with Crippen molar-refractivity contribution in [2.75, 3.05) is 18.5 Å². The van der Waals surface area contributed by atoms with Crippen LogP contribution >= 0.6 is 15.9 Å². The molecule has 118 valence electrons. The summed E-state index contributed by atoms with van der Waals surface area (Å²) in [6.45, 7) is 2.59. The highest BCUT2D eigenvalue weighted by Gasteiger charge is 2.15. The number of nitrogens with one attached hydrogen (secondary N) is 1. The molecular formula is C16H23BrFNO2. The van der Waals surface area contributed by atoms with E-state index >= 15 is 0 Å². The van der Waals surface area contributed by atoms with E-state index in [9.17, 15) is 9.50 Å². The van der Waals surface area contributed by atoms with E-state index in [0.29, 0.717) is 29.4 Å². The van der Waals surface area contributed by atoms with Crippen LogP contribution in [0.25, 0.3) is 0 Å². The Kier molecular flexibility index (Phi) is 6.45. The predicted octanol–water partition coefficient (Wildman–Crippen LogP) is 4.02. The molecule has 0 saturated heterocycles. The summed E-state index contributed by atoms with van der Waals surface area (Å²) in [6, 6.07) is 3.16. The van der Waals surface area contributed by atoms with E-state index in [2.05, 4.69) is 21.2 Å². The topological polar surface area (TPSA) is 41.5 Å². The first-order valence-electron chi connectivity index (χ1n) is 7.55. The zero-order chi connectivity index (χ0) is 15.2. The molecule has 5 heteroatoms. The molecule has 0 aliphatic heterocycles. The molecule has 1 atom stereocenters. The van der Waals surface area contributed by atoms with E-state index in [1.165, 1.54) is 25.3 Å². The van der Waals surface area contributed by atoms with E-state index in [1.54, 1.807) is 6.07 Å². The monoisotopic (exact) mass is 359 g/mol. The molecule has 0 aromatic heterocycles. The van der Waals surface area contributed by atoms with E-state index in [-0.39, 0.29) is 5.82 Å². The summed E-state index contributed by atoms with van der Waals surface area (Å²) in [5.41, 5.74) is 1.64. The van der Waals surface area contributed by atoms with Gasteiger partial charge < -0.3 is 15.2 Å². The van der Waals surface area contributed by atoms with Crippen LogP contribution in [0.5, 0.6) is 0 Å². The summed E-state index contributed by atoms with van der Waals surface area (Å²) in [4.78, 5) is 0. The Bertz CT molecular complexity index is 464. The fourth-order valence-electron chi connectivity index (χ4n) is 2.60. The highest BCUT2D eigenvalue weighted by atomic mass is 79.9. The molecule has 0 radical (unpaired) electrons. The summed E-state index contributed by atoms with van der Waals surface area (Å²) >= 11 is 3.16. The van der Waals surface area contributed by atoms with Crippen LogP contribution in [-0.2, 0) is 4.74 Å². The second-order valence-corrected chi connectivity index (χ2v) is 6.56. The standard InChI is InChI=1S/C16H23BrFNO2/c1-11-7-14(17)15(18)8-16(11)19-9-12(20)10-21-13-5-3-2-4-6-13/h7-8,12-13,19-20H,2-6,9-10H2,1H3. The molecule has 1 aliphatic carbocycles. The van der Waals surface area contributed by atoms with Crippen molar-refractivity contribution in [1.29, 1.82) is 0 Å². The van der Waals surface area contributed by atoms with Crippen LogP contribution in [0.1, 0.15) is 37.7 Å². The molecule has 0 bridgehead atoms. The first-order valence-corrected chi connectivity index (χ1v) is 8.34. The van der Waals surface area contributed by atoms with Crippen molar-refractivity contribution in [1.82, 2.24) is 0 Å². The molecule has 0 heterocycles.